The lowest BCUT2D eigenvalue weighted by atomic mass is 10.2. The summed E-state index contributed by atoms with van der Waals surface area (Å²) in [5, 5.41) is 10.7. The van der Waals surface area contributed by atoms with Gasteiger partial charge in [-0.05, 0) is 37.1 Å². The molecule has 118 valence electrons. The zero-order chi connectivity index (χ0) is 15.8. The molecule has 2 N–H and O–H groups in total. The Morgan fingerprint density at radius 2 is 2.05 bits per heavy atom. The van der Waals surface area contributed by atoms with Crippen molar-refractivity contribution < 1.29 is 4.39 Å². The van der Waals surface area contributed by atoms with Crippen molar-refractivity contribution in [1.29, 1.82) is 0 Å². The Balaban J connectivity index is 1.85. The average Bonchev–Trinajstić information content (AvgIpc) is 2.92. The molecule has 22 heavy (non-hydrogen) atoms. The molecule has 1 aromatic carbocycles. The number of halogens is 1. The van der Waals surface area contributed by atoms with E-state index in [-0.39, 0.29) is 5.82 Å². The fraction of sp³-hybridized carbons (Fsp3) is 0.375. The van der Waals surface area contributed by atoms with Crippen LogP contribution >= 0.6 is 0 Å². The van der Waals surface area contributed by atoms with Crippen LogP contribution in [0.4, 0.5) is 4.39 Å². The SMILES string of the molecule is CCNC(=NCc1ccc(F)cc1)NCCn1cc(C)cn1. The molecule has 0 saturated heterocycles. The van der Waals surface area contributed by atoms with Crippen LogP contribution in [0.1, 0.15) is 18.1 Å². The number of nitrogens with one attached hydrogen (secondary N) is 2. The van der Waals surface area contributed by atoms with E-state index < -0.39 is 0 Å². The van der Waals surface area contributed by atoms with Crippen LogP contribution in [-0.2, 0) is 13.1 Å². The number of nitrogens with zero attached hydrogens (tertiary/aromatic N) is 3. The summed E-state index contributed by atoms with van der Waals surface area (Å²) in [6.07, 6.45) is 3.85. The number of hydrogen-bond donors (Lipinski definition) is 2. The molecule has 5 nitrogen and oxygen atoms in total. The van der Waals surface area contributed by atoms with Gasteiger partial charge in [-0.15, -0.1) is 0 Å². The first kappa shape index (κ1) is 16.0. The second kappa shape index (κ2) is 8.17. The molecule has 0 aliphatic rings. The quantitative estimate of drug-likeness (QED) is 0.634. The zero-order valence-corrected chi connectivity index (χ0v) is 13.0. The number of guanidine groups is 1. The summed E-state index contributed by atoms with van der Waals surface area (Å²) in [7, 11) is 0. The van der Waals surface area contributed by atoms with Crippen LogP contribution in [0.5, 0.6) is 0 Å². The summed E-state index contributed by atoms with van der Waals surface area (Å²) in [5.41, 5.74) is 2.12. The first-order valence-corrected chi connectivity index (χ1v) is 7.43. The number of aliphatic imine (C=N–C) groups is 1. The fourth-order valence-electron chi connectivity index (χ4n) is 1.98. The molecule has 0 aliphatic heterocycles. The lowest BCUT2D eigenvalue weighted by Crippen LogP contribution is -2.38. The molecule has 0 unspecified atom stereocenters. The van der Waals surface area contributed by atoms with Crippen molar-refractivity contribution in [2.75, 3.05) is 13.1 Å². The molecule has 0 bridgehead atoms. The van der Waals surface area contributed by atoms with E-state index in [9.17, 15) is 4.39 Å². The predicted octanol–water partition coefficient (Wildman–Crippen LogP) is 2.09. The molecule has 0 saturated carbocycles. The summed E-state index contributed by atoms with van der Waals surface area (Å²) in [4.78, 5) is 4.49. The van der Waals surface area contributed by atoms with Crippen LogP contribution in [0.15, 0.2) is 41.7 Å². The lowest BCUT2D eigenvalue weighted by Gasteiger charge is -2.11. The maximum absolute atomic E-state index is 12.9. The average molecular weight is 303 g/mol. The minimum absolute atomic E-state index is 0.229. The third kappa shape index (κ3) is 5.20. The van der Waals surface area contributed by atoms with Gasteiger partial charge in [-0.3, -0.25) is 4.68 Å². The molecular formula is C16H22FN5. The second-order valence-corrected chi connectivity index (χ2v) is 5.03. The van der Waals surface area contributed by atoms with Crippen LogP contribution < -0.4 is 10.6 Å². The molecule has 0 fully saturated rings. The topological polar surface area (TPSA) is 54.2 Å². The Labute approximate surface area is 130 Å². The van der Waals surface area contributed by atoms with E-state index in [0.717, 1.165) is 36.7 Å². The predicted molar refractivity (Wildman–Crippen MR) is 86.2 cm³/mol. The molecule has 0 atom stereocenters. The summed E-state index contributed by atoms with van der Waals surface area (Å²) >= 11 is 0. The smallest absolute Gasteiger partial charge is 0.191 e. The Bertz CT molecular complexity index is 603. The third-order valence-electron chi connectivity index (χ3n) is 3.07. The second-order valence-electron chi connectivity index (χ2n) is 5.03. The van der Waals surface area contributed by atoms with Gasteiger partial charge in [0.05, 0.1) is 19.3 Å². The highest BCUT2D eigenvalue weighted by Crippen LogP contribution is 2.03. The number of rotatable bonds is 6. The van der Waals surface area contributed by atoms with Gasteiger partial charge >= 0.3 is 0 Å². The number of hydrogen-bond acceptors (Lipinski definition) is 2. The van der Waals surface area contributed by atoms with Crippen molar-refractivity contribution in [2.24, 2.45) is 4.99 Å². The molecular weight excluding hydrogens is 281 g/mol. The maximum atomic E-state index is 12.9. The Hall–Kier alpha value is -2.37. The van der Waals surface area contributed by atoms with Gasteiger partial charge in [-0.25, -0.2) is 9.38 Å². The normalized spacial score (nSPS) is 11.5. The molecule has 0 amide bonds. The molecule has 1 heterocycles. The molecule has 1 aromatic heterocycles. The van der Waals surface area contributed by atoms with E-state index in [4.69, 9.17) is 0 Å². The third-order valence-corrected chi connectivity index (χ3v) is 3.07. The van der Waals surface area contributed by atoms with Gasteiger partial charge in [-0.1, -0.05) is 12.1 Å². The van der Waals surface area contributed by atoms with Gasteiger partial charge in [0.25, 0.3) is 0 Å². The summed E-state index contributed by atoms with van der Waals surface area (Å²) in [6.45, 7) is 6.84. The highest BCUT2D eigenvalue weighted by Gasteiger charge is 1.99. The summed E-state index contributed by atoms with van der Waals surface area (Å²) < 4.78 is 14.8. The van der Waals surface area contributed by atoms with Crippen molar-refractivity contribution in [1.82, 2.24) is 20.4 Å². The van der Waals surface area contributed by atoms with E-state index in [1.807, 2.05) is 30.9 Å². The molecule has 0 aliphatic carbocycles. The molecule has 2 rings (SSSR count). The lowest BCUT2D eigenvalue weighted by molar-refractivity contribution is 0.597. The van der Waals surface area contributed by atoms with Crippen LogP contribution in [0.25, 0.3) is 0 Å². The van der Waals surface area contributed by atoms with Gasteiger partial charge in [0.15, 0.2) is 5.96 Å². The highest BCUT2D eigenvalue weighted by molar-refractivity contribution is 5.79. The standard InChI is InChI=1S/C16H22FN5/c1-3-18-16(19-8-9-22-12-13(2)10-21-22)20-11-14-4-6-15(17)7-5-14/h4-7,10,12H,3,8-9,11H2,1-2H3,(H2,18,19,20). The van der Waals surface area contributed by atoms with Crippen molar-refractivity contribution in [2.45, 2.75) is 26.9 Å². The van der Waals surface area contributed by atoms with Crippen molar-refractivity contribution in [3.8, 4) is 0 Å². The van der Waals surface area contributed by atoms with Crippen molar-refractivity contribution >= 4 is 5.96 Å². The Morgan fingerprint density at radius 1 is 1.27 bits per heavy atom. The van der Waals surface area contributed by atoms with E-state index in [0.29, 0.717) is 6.54 Å². The molecule has 2 aromatic rings. The molecule has 0 radical (unpaired) electrons. The van der Waals surface area contributed by atoms with Gasteiger partial charge in [0.2, 0.25) is 0 Å². The number of aromatic nitrogens is 2. The van der Waals surface area contributed by atoms with Gasteiger partial charge in [-0.2, -0.15) is 5.10 Å². The number of benzene rings is 1. The van der Waals surface area contributed by atoms with Gasteiger partial charge in [0, 0.05) is 19.3 Å². The molecule has 0 spiro atoms. The van der Waals surface area contributed by atoms with E-state index in [1.165, 1.54) is 12.1 Å². The number of aryl methyl sites for hydroxylation is 1. The Kier molecular flexibility index (Phi) is 5.94. The van der Waals surface area contributed by atoms with Gasteiger partial charge < -0.3 is 10.6 Å². The zero-order valence-electron chi connectivity index (χ0n) is 13.0. The van der Waals surface area contributed by atoms with Crippen molar-refractivity contribution in [3.05, 3.63) is 53.6 Å². The van der Waals surface area contributed by atoms with E-state index >= 15 is 0 Å². The van der Waals surface area contributed by atoms with Crippen LogP contribution in [0.2, 0.25) is 0 Å². The van der Waals surface area contributed by atoms with Crippen LogP contribution in [0.3, 0.4) is 0 Å². The first-order chi connectivity index (χ1) is 10.7. The highest BCUT2D eigenvalue weighted by atomic mass is 19.1. The van der Waals surface area contributed by atoms with E-state index in [1.54, 1.807) is 12.1 Å². The van der Waals surface area contributed by atoms with Gasteiger partial charge in [0.1, 0.15) is 5.82 Å². The fourth-order valence-corrected chi connectivity index (χ4v) is 1.98. The van der Waals surface area contributed by atoms with Crippen LogP contribution in [-0.4, -0.2) is 28.8 Å². The first-order valence-electron chi connectivity index (χ1n) is 7.43. The largest absolute Gasteiger partial charge is 0.357 e. The summed E-state index contributed by atoms with van der Waals surface area (Å²) in [5.74, 6) is 0.517. The van der Waals surface area contributed by atoms with Crippen LogP contribution in [0, 0.1) is 12.7 Å². The maximum Gasteiger partial charge on any atom is 0.191 e. The van der Waals surface area contributed by atoms with Crippen molar-refractivity contribution in [3.63, 3.8) is 0 Å². The van der Waals surface area contributed by atoms with E-state index in [2.05, 4.69) is 20.7 Å². The molecule has 6 heteroatoms. The summed E-state index contributed by atoms with van der Waals surface area (Å²) in [6, 6.07) is 6.39. The minimum Gasteiger partial charge on any atom is -0.357 e. The monoisotopic (exact) mass is 303 g/mol. The Morgan fingerprint density at radius 3 is 2.68 bits per heavy atom. The minimum atomic E-state index is -0.229.